The van der Waals surface area contributed by atoms with Gasteiger partial charge in [0.15, 0.2) is 11.1 Å². The van der Waals surface area contributed by atoms with E-state index in [1.165, 1.54) is 64.5 Å². The van der Waals surface area contributed by atoms with Crippen LogP contribution in [0.4, 0.5) is 13.2 Å². The number of benzene rings is 1. The van der Waals surface area contributed by atoms with Crippen LogP contribution >= 0.6 is 22.9 Å². The summed E-state index contributed by atoms with van der Waals surface area (Å²) in [7, 11) is -1.72. The molecule has 0 saturated carbocycles. The maximum absolute atomic E-state index is 13.9. The minimum Gasteiger partial charge on any atom is -0.497 e. The van der Waals surface area contributed by atoms with Gasteiger partial charge < -0.3 is 24.2 Å². The maximum Gasteiger partial charge on any atom is 0.452 e. The van der Waals surface area contributed by atoms with Crippen LogP contribution in [0.1, 0.15) is 31.1 Å². The second-order valence-electron chi connectivity index (χ2n) is 10.8. The second kappa shape index (κ2) is 15.5. The predicted octanol–water partition coefficient (Wildman–Crippen LogP) is 3.16. The summed E-state index contributed by atoms with van der Waals surface area (Å²) in [5, 5.41) is 0.923. The fourth-order valence-corrected chi connectivity index (χ4v) is 8.69. The number of halogens is 4. The van der Waals surface area contributed by atoms with Gasteiger partial charge in [-0.25, -0.2) is 12.6 Å². The lowest BCUT2D eigenvalue weighted by Crippen LogP contribution is -2.57. The number of rotatable bonds is 14. The molecule has 3 rings (SSSR count). The number of methoxy groups -OCH3 is 2. The van der Waals surface area contributed by atoms with E-state index in [1.54, 1.807) is 0 Å². The summed E-state index contributed by atoms with van der Waals surface area (Å²) in [6, 6.07) is 3.48. The van der Waals surface area contributed by atoms with E-state index in [0.717, 1.165) is 4.90 Å². The molecule has 2 heterocycles. The Morgan fingerprint density at radius 2 is 1.78 bits per heavy atom. The molecule has 0 radical (unpaired) electrons. The van der Waals surface area contributed by atoms with E-state index in [1.807, 2.05) is 0 Å². The van der Waals surface area contributed by atoms with Gasteiger partial charge in [0.05, 0.1) is 29.3 Å². The normalized spacial score (nSPS) is 19.8. The molecule has 12 nitrogen and oxygen atoms in total. The lowest BCUT2D eigenvalue weighted by Gasteiger charge is -2.30. The van der Waals surface area contributed by atoms with E-state index in [-0.39, 0.29) is 21.5 Å². The number of hydrogen-bond acceptors (Lipinski definition) is 9. The third kappa shape index (κ3) is 9.05. The molecule has 1 saturated heterocycles. The van der Waals surface area contributed by atoms with E-state index in [9.17, 15) is 44.7 Å². The van der Waals surface area contributed by atoms with Crippen molar-refractivity contribution in [3.05, 3.63) is 46.3 Å². The average Bonchev–Trinajstić information content (AvgIpc) is 3.62. The van der Waals surface area contributed by atoms with E-state index < -0.39 is 86.7 Å². The number of ketones is 1. The minimum absolute atomic E-state index is 0.156. The van der Waals surface area contributed by atoms with Crippen molar-refractivity contribution < 1.29 is 54.2 Å². The van der Waals surface area contributed by atoms with E-state index in [4.69, 9.17) is 21.1 Å². The van der Waals surface area contributed by atoms with Crippen molar-refractivity contribution in [2.45, 2.75) is 54.0 Å². The number of carbonyl (C=O) groups excluding carboxylic acids is 3. The predicted molar refractivity (Wildman–Crippen MR) is 163 cm³/mol. The van der Waals surface area contributed by atoms with Crippen molar-refractivity contribution in [3.8, 4) is 5.75 Å². The molecular formula is C27H33ClF3N3O9S3. The summed E-state index contributed by atoms with van der Waals surface area (Å²) in [6.45, 7) is 1.71. The second-order valence-corrected chi connectivity index (χ2v) is 15.5. The zero-order chi connectivity index (χ0) is 34.6. The summed E-state index contributed by atoms with van der Waals surface area (Å²) in [6.07, 6.45) is -5.58. The average molecular weight is 732 g/mol. The molecule has 6 atom stereocenters. The van der Waals surface area contributed by atoms with Gasteiger partial charge in [-0.1, -0.05) is 37.6 Å². The van der Waals surface area contributed by atoms with Crippen molar-refractivity contribution in [1.29, 1.82) is 0 Å². The van der Waals surface area contributed by atoms with Crippen LogP contribution in [0.5, 0.6) is 5.75 Å². The Kier molecular flexibility index (Phi) is 12.8. The fraction of sp³-hybridized carbons (Fsp3) is 0.519. The molecule has 1 aromatic heterocycles. The van der Waals surface area contributed by atoms with Gasteiger partial charge in [-0.05, 0) is 48.1 Å². The third-order valence-electron chi connectivity index (χ3n) is 7.28. The first-order chi connectivity index (χ1) is 21.4. The highest BCUT2D eigenvalue weighted by atomic mass is 35.5. The van der Waals surface area contributed by atoms with Crippen LogP contribution in [0.15, 0.2) is 40.6 Å². The first-order valence-corrected chi connectivity index (χ1v) is 17.5. The zero-order valence-corrected chi connectivity index (χ0v) is 28.2. The van der Waals surface area contributed by atoms with Crippen molar-refractivity contribution in [1.82, 2.24) is 14.9 Å². The quantitative estimate of drug-likeness (QED) is 0.247. The van der Waals surface area contributed by atoms with Crippen LogP contribution in [0.25, 0.3) is 0 Å². The molecular weight excluding hydrogens is 699 g/mol. The van der Waals surface area contributed by atoms with Crippen LogP contribution in [-0.2, 0) is 40.2 Å². The van der Waals surface area contributed by atoms with E-state index in [0.29, 0.717) is 22.6 Å². The number of ether oxygens (including phenoxy) is 2. The molecule has 256 valence electrons. The fourth-order valence-electron chi connectivity index (χ4n) is 5.10. The number of Topliss-reactive ketones (excluding diaryl/α,β-unsaturated/α-hetero) is 1. The van der Waals surface area contributed by atoms with Gasteiger partial charge in [-0.3, -0.25) is 14.4 Å². The third-order valence-corrected chi connectivity index (χ3v) is 11.6. The molecule has 2 amide bonds. The Morgan fingerprint density at radius 1 is 1.15 bits per heavy atom. The monoisotopic (exact) mass is 731 g/mol. The van der Waals surface area contributed by atoms with Gasteiger partial charge in [0.25, 0.3) is 15.8 Å². The molecule has 2 unspecified atom stereocenters. The van der Waals surface area contributed by atoms with Gasteiger partial charge in [0.1, 0.15) is 22.0 Å². The Morgan fingerprint density at radius 3 is 2.26 bits per heavy atom. The van der Waals surface area contributed by atoms with Crippen molar-refractivity contribution in [2.24, 2.45) is 11.8 Å². The van der Waals surface area contributed by atoms with Crippen LogP contribution in [0.2, 0.25) is 4.34 Å². The minimum atomic E-state index is -5.27. The van der Waals surface area contributed by atoms with Crippen LogP contribution < -0.4 is 14.8 Å². The first-order valence-electron chi connectivity index (χ1n) is 13.6. The SMILES string of the molecule is COC[C@H](NS(=O)(=O)c1ccc(Cl)s1)C(=O)N1C[C@H](C(c2ccc(OC)cc2)S(=O)O)C[C@H]1C(=O)N[C@H](C(=O)C(F)(F)F)C(C)C. The van der Waals surface area contributed by atoms with Crippen LogP contribution in [-0.4, -0.2) is 91.4 Å². The largest absolute Gasteiger partial charge is 0.497 e. The summed E-state index contributed by atoms with van der Waals surface area (Å²) < 4.78 is 101. The number of likely N-dealkylation sites (tertiary alicyclic amines) is 1. The highest BCUT2D eigenvalue weighted by Gasteiger charge is 2.49. The molecule has 1 aliphatic heterocycles. The van der Waals surface area contributed by atoms with Crippen molar-refractivity contribution >= 4 is 61.6 Å². The Balaban J connectivity index is 2.02. The van der Waals surface area contributed by atoms with Crippen molar-refractivity contribution in [3.63, 3.8) is 0 Å². The van der Waals surface area contributed by atoms with Gasteiger partial charge >= 0.3 is 6.18 Å². The first kappa shape index (κ1) is 37.8. The zero-order valence-electron chi connectivity index (χ0n) is 24.9. The summed E-state index contributed by atoms with van der Waals surface area (Å²) in [5.74, 6) is -5.78. The molecule has 0 bridgehead atoms. The number of alkyl halides is 3. The Labute approximate surface area is 275 Å². The number of carbonyl (C=O) groups is 3. The lowest BCUT2D eigenvalue weighted by molar-refractivity contribution is -0.175. The van der Waals surface area contributed by atoms with Crippen molar-refractivity contribution in [2.75, 3.05) is 27.4 Å². The van der Waals surface area contributed by atoms with E-state index in [2.05, 4.69) is 10.0 Å². The summed E-state index contributed by atoms with van der Waals surface area (Å²) >= 11 is 4.03. The highest BCUT2D eigenvalue weighted by Crippen LogP contribution is 2.38. The van der Waals surface area contributed by atoms with Gasteiger partial charge in [0.2, 0.25) is 11.8 Å². The molecule has 2 aromatic rings. The van der Waals surface area contributed by atoms with Crippen LogP contribution in [0, 0.1) is 11.8 Å². The standard InChI is InChI=1S/C27H33ClF3N3O9S3/c1-14(2)22(24(35)27(29,30)31)32-25(36)19-11-16(23(45(38)39)15-5-7-17(43-4)8-6-15)12-34(19)26(37)18(13-42-3)33-46(40,41)21-10-9-20(28)44-21/h5-10,14,16,18-19,22-23,33H,11-13H2,1-4H3,(H,32,36)(H,38,39)/t16-,18+,19+,22+,23?/m1/s1. The molecule has 1 aromatic carbocycles. The van der Waals surface area contributed by atoms with E-state index >= 15 is 0 Å². The number of amides is 2. The topological polar surface area (TPSA) is 168 Å². The van der Waals surface area contributed by atoms with Gasteiger partial charge in [-0.15, -0.1) is 11.3 Å². The summed E-state index contributed by atoms with van der Waals surface area (Å²) in [4.78, 5) is 40.6. The highest BCUT2D eigenvalue weighted by molar-refractivity contribution is 7.91. The molecule has 1 aliphatic rings. The molecule has 0 aliphatic carbocycles. The molecule has 46 heavy (non-hydrogen) atoms. The Bertz CT molecular complexity index is 1540. The van der Waals surface area contributed by atoms with Crippen LogP contribution in [0.3, 0.4) is 0 Å². The molecule has 3 N–H and O–H groups in total. The summed E-state index contributed by atoms with van der Waals surface area (Å²) in [5.41, 5.74) is 0.344. The lowest BCUT2D eigenvalue weighted by atomic mass is 9.95. The number of hydrogen-bond donors (Lipinski definition) is 3. The Hall–Kier alpha value is -2.61. The number of nitrogens with one attached hydrogen (secondary N) is 2. The maximum atomic E-state index is 13.9. The molecule has 19 heteroatoms. The number of sulfonamides is 1. The van der Waals surface area contributed by atoms with Gasteiger partial charge in [-0.2, -0.15) is 17.9 Å². The smallest absolute Gasteiger partial charge is 0.452 e. The van der Waals surface area contributed by atoms with Gasteiger partial charge in [0, 0.05) is 13.7 Å². The molecule has 0 spiro atoms. The molecule has 1 fully saturated rings. The number of thiophene rings is 1. The number of nitrogens with zero attached hydrogens (tertiary/aromatic N) is 1.